The molecule has 1 N–H and O–H groups in total. The summed E-state index contributed by atoms with van der Waals surface area (Å²) in [4.78, 5) is 17.0. The first-order valence-electron chi connectivity index (χ1n) is 9.05. The lowest BCUT2D eigenvalue weighted by Crippen LogP contribution is -2.03. The van der Waals surface area contributed by atoms with E-state index in [9.17, 15) is 9.18 Å². The van der Waals surface area contributed by atoms with Crippen molar-refractivity contribution in [1.82, 2.24) is 4.98 Å². The van der Waals surface area contributed by atoms with Crippen LogP contribution in [0.5, 0.6) is 17.2 Å². The maximum absolute atomic E-state index is 13.1. The number of methoxy groups -OCH3 is 3. The van der Waals surface area contributed by atoms with Crippen LogP contribution in [-0.2, 0) is 0 Å². The number of anilines is 2. The molecule has 1 heterocycles. The third kappa shape index (κ3) is 4.75. The molecule has 0 unspecified atom stereocenters. The quantitative estimate of drug-likeness (QED) is 0.423. The normalized spacial score (nSPS) is 10.7. The summed E-state index contributed by atoms with van der Waals surface area (Å²) < 4.78 is 29.1. The number of ketones is 1. The fourth-order valence-electron chi connectivity index (χ4n) is 2.83. The van der Waals surface area contributed by atoms with E-state index in [0.717, 1.165) is 0 Å². The number of halogens is 1. The lowest BCUT2D eigenvalue weighted by atomic mass is 10.1. The van der Waals surface area contributed by atoms with E-state index in [4.69, 9.17) is 14.2 Å². The van der Waals surface area contributed by atoms with Gasteiger partial charge in [-0.3, -0.25) is 4.79 Å². The number of nitrogens with one attached hydrogen (secondary N) is 1. The molecule has 7 heteroatoms. The van der Waals surface area contributed by atoms with E-state index in [1.54, 1.807) is 48.7 Å². The Morgan fingerprint density at radius 2 is 1.67 bits per heavy atom. The molecule has 154 valence electrons. The smallest absolute Gasteiger partial charge is 0.203 e. The first-order chi connectivity index (χ1) is 14.5. The van der Waals surface area contributed by atoms with Gasteiger partial charge in [0.25, 0.3) is 0 Å². The summed E-state index contributed by atoms with van der Waals surface area (Å²) in [5.74, 6) is 1.24. The van der Waals surface area contributed by atoms with Gasteiger partial charge in [0.2, 0.25) is 5.75 Å². The van der Waals surface area contributed by atoms with E-state index in [1.807, 2.05) is 0 Å². The minimum atomic E-state index is -0.342. The number of ether oxygens (including phenoxy) is 3. The van der Waals surface area contributed by atoms with Gasteiger partial charge in [0.1, 0.15) is 11.6 Å². The lowest BCUT2D eigenvalue weighted by Gasteiger charge is -2.12. The molecule has 3 aromatic rings. The lowest BCUT2D eigenvalue weighted by molar-refractivity contribution is 0.104. The van der Waals surface area contributed by atoms with Gasteiger partial charge >= 0.3 is 0 Å². The Hall–Kier alpha value is -3.87. The van der Waals surface area contributed by atoms with E-state index >= 15 is 0 Å². The summed E-state index contributed by atoms with van der Waals surface area (Å²) in [6.07, 6.45) is 4.67. The Balaban J connectivity index is 1.86. The molecule has 30 heavy (non-hydrogen) atoms. The highest BCUT2D eigenvalue weighted by molar-refractivity contribution is 6.10. The number of allylic oxidation sites excluding steroid dienone is 1. The Labute approximate surface area is 173 Å². The molecule has 0 aliphatic carbocycles. The molecule has 0 saturated carbocycles. The summed E-state index contributed by atoms with van der Waals surface area (Å²) in [7, 11) is 4.58. The maximum Gasteiger partial charge on any atom is 0.203 e. The zero-order chi connectivity index (χ0) is 21.5. The van der Waals surface area contributed by atoms with Gasteiger partial charge in [-0.1, -0.05) is 6.08 Å². The van der Waals surface area contributed by atoms with Crippen LogP contribution in [0, 0.1) is 5.82 Å². The maximum atomic E-state index is 13.1. The predicted molar refractivity (Wildman–Crippen MR) is 113 cm³/mol. The van der Waals surface area contributed by atoms with Crippen molar-refractivity contribution >= 4 is 23.4 Å². The molecule has 0 radical (unpaired) electrons. The highest BCUT2D eigenvalue weighted by Gasteiger charge is 2.13. The second kappa shape index (κ2) is 9.56. The SMILES string of the molecule is COc1cc(C=CC(=O)c2cccnc2Nc2ccc(F)cc2)cc(OC)c1OC. The van der Waals surface area contributed by atoms with Crippen LogP contribution >= 0.6 is 0 Å². The van der Waals surface area contributed by atoms with Crippen molar-refractivity contribution in [3.8, 4) is 17.2 Å². The third-order valence-corrected chi connectivity index (χ3v) is 4.29. The fraction of sp³-hybridized carbons (Fsp3) is 0.130. The second-order valence-corrected chi connectivity index (χ2v) is 6.19. The molecule has 3 rings (SSSR count). The number of aromatic nitrogens is 1. The van der Waals surface area contributed by atoms with Gasteiger partial charge in [-0.15, -0.1) is 0 Å². The van der Waals surface area contributed by atoms with Crippen LogP contribution in [0.2, 0.25) is 0 Å². The van der Waals surface area contributed by atoms with Crippen molar-refractivity contribution in [2.45, 2.75) is 0 Å². The third-order valence-electron chi connectivity index (χ3n) is 4.29. The highest BCUT2D eigenvalue weighted by Crippen LogP contribution is 2.38. The Morgan fingerprint density at radius 3 is 2.27 bits per heavy atom. The minimum Gasteiger partial charge on any atom is -0.493 e. The number of hydrogen-bond donors (Lipinski definition) is 1. The van der Waals surface area contributed by atoms with E-state index in [1.165, 1.54) is 39.5 Å². The summed E-state index contributed by atoms with van der Waals surface area (Å²) in [5, 5.41) is 3.04. The van der Waals surface area contributed by atoms with Crippen LogP contribution in [0.1, 0.15) is 15.9 Å². The van der Waals surface area contributed by atoms with Crippen molar-refractivity contribution in [3.05, 3.63) is 77.7 Å². The first kappa shape index (κ1) is 20.9. The van der Waals surface area contributed by atoms with Crippen molar-refractivity contribution in [2.75, 3.05) is 26.6 Å². The van der Waals surface area contributed by atoms with Crippen molar-refractivity contribution < 1.29 is 23.4 Å². The molecule has 6 nitrogen and oxygen atoms in total. The van der Waals surface area contributed by atoms with Gasteiger partial charge in [-0.25, -0.2) is 9.37 Å². The number of nitrogens with zero attached hydrogens (tertiary/aromatic N) is 1. The average molecular weight is 408 g/mol. The molecular weight excluding hydrogens is 387 g/mol. The molecule has 0 bridgehead atoms. The van der Waals surface area contributed by atoms with E-state index in [-0.39, 0.29) is 11.6 Å². The number of benzene rings is 2. The van der Waals surface area contributed by atoms with Crippen LogP contribution in [0.4, 0.5) is 15.9 Å². The summed E-state index contributed by atoms with van der Waals surface area (Å²) >= 11 is 0. The van der Waals surface area contributed by atoms with Crippen LogP contribution in [0.3, 0.4) is 0 Å². The summed E-state index contributed by atoms with van der Waals surface area (Å²) in [6.45, 7) is 0. The standard InChI is InChI=1S/C23H21FN2O4/c1-28-20-13-15(14-21(29-2)22(20)30-3)6-11-19(27)18-5-4-12-25-23(18)26-17-9-7-16(24)8-10-17/h4-14H,1-3H3,(H,25,26). The molecule has 1 aromatic heterocycles. The molecular formula is C23H21FN2O4. The Bertz CT molecular complexity index is 1040. The molecule has 2 aromatic carbocycles. The van der Waals surface area contributed by atoms with Gasteiger partial charge in [0.15, 0.2) is 17.3 Å². The number of carbonyl (C=O) groups is 1. The van der Waals surface area contributed by atoms with Crippen molar-refractivity contribution in [3.63, 3.8) is 0 Å². The molecule has 0 spiro atoms. The first-order valence-corrected chi connectivity index (χ1v) is 9.05. The van der Waals surface area contributed by atoms with E-state index in [2.05, 4.69) is 10.3 Å². The van der Waals surface area contributed by atoms with Crippen LogP contribution in [-0.4, -0.2) is 32.1 Å². The molecule has 0 fully saturated rings. The van der Waals surface area contributed by atoms with Gasteiger partial charge < -0.3 is 19.5 Å². The van der Waals surface area contributed by atoms with Crippen molar-refractivity contribution in [1.29, 1.82) is 0 Å². The molecule has 0 amide bonds. The van der Waals surface area contributed by atoms with Gasteiger partial charge in [-0.05, 0) is 60.2 Å². The average Bonchev–Trinajstić information content (AvgIpc) is 2.78. The number of rotatable bonds is 8. The van der Waals surface area contributed by atoms with Crippen molar-refractivity contribution in [2.24, 2.45) is 0 Å². The highest BCUT2D eigenvalue weighted by atomic mass is 19.1. The zero-order valence-electron chi connectivity index (χ0n) is 16.8. The topological polar surface area (TPSA) is 69.7 Å². The minimum absolute atomic E-state index is 0.249. The van der Waals surface area contributed by atoms with Gasteiger partial charge in [0.05, 0.1) is 26.9 Å². The number of carbonyl (C=O) groups excluding carboxylic acids is 1. The largest absolute Gasteiger partial charge is 0.493 e. The van der Waals surface area contributed by atoms with E-state index in [0.29, 0.717) is 39.9 Å². The molecule has 0 saturated heterocycles. The number of hydrogen-bond acceptors (Lipinski definition) is 6. The Morgan fingerprint density at radius 1 is 1.00 bits per heavy atom. The van der Waals surface area contributed by atoms with Crippen LogP contribution in [0.15, 0.2) is 60.8 Å². The predicted octanol–water partition coefficient (Wildman–Crippen LogP) is 4.89. The van der Waals surface area contributed by atoms with Gasteiger partial charge in [-0.2, -0.15) is 0 Å². The molecule has 0 atom stereocenters. The van der Waals surface area contributed by atoms with Crippen LogP contribution < -0.4 is 19.5 Å². The van der Waals surface area contributed by atoms with Gasteiger partial charge in [0, 0.05) is 11.9 Å². The van der Waals surface area contributed by atoms with Crippen LogP contribution in [0.25, 0.3) is 6.08 Å². The molecule has 0 aliphatic heterocycles. The second-order valence-electron chi connectivity index (χ2n) is 6.19. The molecule has 0 aliphatic rings. The monoisotopic (exact) mass is 408 g/mol. The number of pyridine rings is 1. The Kier molecular flexibility index (Phi) is 6.64. The summed E-state index contributed by atoms with van der Waals surface area (Å²) in [5.41, 5.74) is 1.71. The summed E-state index contributed by atoms with van der Waals surface area (Å²) in [6, 6.07) is 12.6. The zero-order valence-corrected chi connectivity index (χ0v) is 16.8. The fourth-order valence-corrected chi connectivity index (χ4v) is 2.83. The van der Waals surface area contributed by atoms with E-state index < -0.39 is 0 Å².